The van der Waals surface area contributed by atoms with E-state index in [2.05, 4.69) is 44.6 Å². The Balaban J connectivity index is 1.58. The van der Waals surface area contributed by atoms with Crippen molar-refractivity contribution in [2.45, 2.75) is 63.6 Å². The van der Waals surface area contributed by atoms with Gasteiger partial charge in [0.15, 0.2) is 5.96 Å². The predicted molar refractivity (Wildman–Crippen MR) is 118 cm³/mol. The topological polar surface area (TPSA) is 95.5 Å². The molecule has 1 fully saturated rings. The van der Waals surface area contributed by atoms with E-state index in [9.17, 15) is 8.42 Å². The van der Waals surface area contributed by atoms with E-state index in [1.54, 1.807) is 23.5 Å². The number of rotatable bonds is 9. The van der Waals surface area contributed by atoms with Crippen molar-refractivity contribution in [1.29, 1.82) is 0 Å². The van der Waals surface area contributed by atoms with E-state index in [-0.39, 0.29) is 6.04 Å². The number of benzene rings is 1. The Morgan fingerprint density at radius 3 is 2.55 bits per heavy atom. The molecule has 29 heavy (non-hydrogen) atoms. The number of guanidine groups is 1. The maximum absolute atomic E-state index is 12.2. The van der Waals surface area contributed by atoms with Crippen LogP contribution in [0.1, 0.15) is 55.8 Å². The molecule has 0 unspecified atom stereocenters. The monoisotopic (exact) mass is 435 g/mol. The first-order valence-electron chi connectivity index (χ1n) is 9.95. The van der Waals surface area contributed by atoms with Crippen molar-refractivity contribution in [3.8, 4) is 0 Å². The first-order valence-corrected chi connectivity index (χ1v) is 12.3. The van der Waals surface area contributed by atoms with Crippen LogP contribution >= 0.6 is 11.3 Å². The van der Waals surface area contributed by atoms with Crippen molar-refractivity contribution in [2.75, 3.05) is 6.54 Å². The normalized spacial score (nSPS) is 15.0. The lowest BCUT2D eigenvalue weighted by atomic mass is 10.2. The second-order valence-electron chi connectivity index (χ2n) is 7.41. The summed E-state index contributed by atoms with van der Waals surface area (Å²) in [6.07, 6.45) is 1.85. The van der Waals surface area contributed by atoms with Gasteiger partial charge in [-0.25, -0.2) is 23.1 Å². The van der Waals surface area contributed by atoms with Gasteiger partial charge in [0.1, 0.15) is 5.01 Å². The first-order chi connectivity index (χ1) is 13.9. The molecule has 1 saturated carbocycles. The van der Waals surface area contributed by atoms with Gasteiger partial charge in [0.2, 0.25) is 10.0 Å². The van der Waals surface area contributed by atoms with Crippen LogP contribution < -0.4 is 15.4 Å². The highest BCUT2D eigenvalue weighted by atomic mass is 32.2. The molecule has 0 aliphatic heterocycles. The van der Waals surface area contributed by atoms with Crippen LogP contribution in [0.4, 0.5) is 0 Å². The van der Waals surface area contributed by atoms with Gasteiger partial charge in [0.25, 0.3) is 0 Å². The molecule has 1 aromatic carbocycles. The summed E-state index contributed by atoms with van der Waals surface area (Å²) >= 11 is 1.65. The first kappa shape index (κ1) is 21.7. The van der Waals surface area contributed by atoms with Gasteiger partial charge in [0.05, 0.1) is 23.7 Å². The highest BCUT2D eigenvalue weighted by Gasteiger charge is 2.27. The van der Waals surface area contributed by atoms with E-state index < -0.39 is 10.0 Å². The second-order valence-corrected chi connectivity index (χ2v) is 10.1. The zero-order valence-corrected chi connectivity index (χ0v) is 18.7. The Labute approximate surface area is 177 Å². The molecule has 158 valence electrons. The number of nitrogens with one attached hydrogen (secondary N) is 3. The third-order valence-electron chi connectivity index (χ3n) is 4.46. The number of sulfonamides is 1. The van der Waals surface area contributed by atoms with E-state index in [0.717, 1.165) is 35.7 Å². The highest BCUT2D eigenvalue weighted by molar-refractivity contribution is 7.89. The van der Waals surface area contributed by atoms with E-state index >= 15 is 0 Å². The third kappa shape index (κ3) is 6.52. The van der Waals surface area contributed by atoms with Gasteiger partial charge in [-0.1, -0.05) is 26.0 Å². The molecule has 1 aliphatic carbocycles. The Kier molecular flexibility index (Phi) is 7.26. The number of hydrogen-bond acceptors (Lipinski definition) is 5. The highest BCUT2D eigenvalue weighted by Crippen LogP contribution is 2.22. The quantitative estimate of drug-likeness (QED) is 0.416. The Morgan fingerprint density at radius 2 is 1.97 bits per heavy atom. The van der Waals surface area contributed by atoms with Crippen LogP contribution in [-0.4, -0.2) is 31.9 Å². The number of thiazole rings is 1. The molecular formula is C20H29N5O2S2. The predicted octanol–water partition coefficient (Wildman–Crippen LogP) is 2.96. The van der Waals surface area contributed by atoms with Gasteiger partial charge in [-0.2, -0.15) is 0 Å². The minimum absolute atomic E-state index is 0.104. The van der Waals surface area contributed by atoms with Crippen LogP contribution in [-0.2, 0) is 23.1 Å². The van der Waals surface area contributed by atoms with Crippen molar-refractivity contribution in [1.82, 2.24) is 20.3 Å². The minimum Gasteiger partial charge on any atom is -0.357 e. The lowest BCUT2D eigenvalue weighted by Gasteiger charge is -2.10. The molecule has 1 aromatic heterocycles. The van der Waals surface area contributed by atoms with Crippen molar-refractivity contribution >= 4 is 27.3 Å². The van der Waals surface area contributed by atoms with E-state index in [1.807, 2.05) is 19.1 Å². The molecule has 9 heteroatoms. The van der Waals surface area contributed by atoms with Crippen molar-refractivity contribution in [2.24, 2.45) is 4.99 Å². The lowest BCUT2D eigenvalue weighted by Crippen LogP contribution is -2.36. The van der Waals surface area contributed by atoms with Crippen LogP contribution in [0.5, 0.6) is 0 Å². The molecular weight excluding hydrogens is 406 g/mol. The Hall–Kier alpha value is -1.97. The van der Waals surface area contributed by atoms with Crippen molar-refractivity contribution in [3.05, 3.63) is 45.9 Å². The Bertz CT molecular complexity index is 932. The molecule has 1 aliphatic rings. The summed E-state index contributed by atoms with van der Waals surface area (Å²) in [5.74, 6) is 1.13. The summed E-state index contributed by atoms with van der Waals surface area (Å²) in [7, 11) is -3.41. The number of aliphatic imine (C=N–C) groups is 1. The average Bonchev–Trinajstić information content (AvgIpc) is 3.35. The van der Waals surface area contributed by atoms with E-state index in [4.69, 9.17) is 0 Å². The molecule has 0 spiro atoms. The van der Waals surface area contributed by atoms with Gasteiger partial charge >= 0.3 is 0 Å². The molecule has 3 rings (SSSR count). The summed E-state index contributed by atoms with van der Waals surface area (Å²) in [6.45, 7) is 8.12. The average molecular weight is 436 g/mol. The number of nitrogens with zero attached hydrogens (tertiary/aromatic N) is 2. The Morgan fingerprint density at radius 1 is 1.24 bits per heavy atom. The van der Waals surface area contributed by atoms with Crippen molar-refractivity contribution in [3.63, 3.8) is 0 Å². The lowest BCUT2D eigenvalue weighted by molar-refractivity contribution is 0.581. The second kappa shape index (κ2) is 9.69. The minimum atomic E-state index is -3.41. The summed E-state index contributed by atoms with van der Waals surface area (Å²) in [4.78, 5) is 9.52. The molecule has 0 bridgehead atoms. The zero-order valence-electron chi connectivity index (χ0n) is 17.1. The summed E-state index contributed by atoms with van der Waals surface area (Å²) in [6, 6.07) is 7.00. The molecule has 3 N–H and O–H groups in total. The molecule has 0 saturated heterocycles. The smallest absolute Gasteiger partial charge is 0.240 e. The standard InChI is InChI=1S/C20H29N5O2S2/c1-4-21-20(23-12-19-24-18(13-28-19)14(2)3)22-11-15-5-9-17(10-6-15)29(26,27)25-16-7-8-16/h5-6,9-10,13-14,16,25H,4,7-8,11-12H2,1-3H3,(H2,21,22,23). The molecule has 0 atom stereocenters. The number of hydrogen-bond donors (Lipinski definition) is 3. The fraction of sp³-hybridized carbons (Fsp3) is 0.500. The van der Waals surface area contributed by atoms with Gasteiger partial charge in [-0.15, -0.1) is 11.3 Å². The van der Waals surface area contributed by atoms with E-state index in [1.165, 1.54) is 0 Å². The van der Waals surface area contributed by atoms with Crippen LogP contribution in [0, 0.1) is 0 Å². The van der Waals surface area contributed by atoms with E-state index in [0.29, 0.717) is 29.9 Å². The summed E-state index contributed by atoms with van der Waals surface area (Å²) < 4.78 is 27.2. The molecule has 2 aromatic rings. The SMILES string of the molecule is CCNC(=NCc1ccc(S(=O)(=O)NC2CC2)cc1)NCc1nc(C(C)C)cs1. The fourth-order valence-electron chi connectivity index (χ4n) is 2.61. The van der Waals surface area contributed by atoms with Crippen molar-refractivity contribution < 1.29 is 8.42 Å². The maximum atomic E-state index is 12.2. The van der Waals surface area contributed by atoms with Crippen LogP contribution in [0.3, 0.4) is 0 Å². The fourth-order valence-corrected chi connectivity index (χ4v) is 4.81. The maximum Gasteiger partial charge on any atom is 0.240 e. The molecule has 7 nitrogen and oxygen atoms in total. The van der Waals surface area contributed by atoms with Gasteiger partial charge in [0, 0.05) is 18.0 Å². The van der Waals surface area contributed by atoms with Gasteiger partial charge in [-0.3, -0.25) is 0 Å². The summed E-state index contributed by atoms with van der Waals surface area (Å²) in [5.41, 5.74) is 2.06. The summed E-state index contributed by atoms with van der Waals surface area (Å²) in [5, 5.41) is 9.65. The number of aromatic nitrogens is 1. The molecule has 0 amide bonds. The van der Waals surface area contributed by atoms with Crippen LogP contribution in [0.15, 0.2) is 39.5 Å². The largest absolute Gasteiger partial charge is 0.357 e. The van der Waals surface area contributed by atoms with Crippen LogP contribution in [0.2, 0.25) is 0 Å². The molecule has 0 radical (unpaired) electrons. The third-order valence-corrected chi connectivity index (χ3v) is 6.87. The zero-order chi connectivity index (χ0) is 20.9. The molecule has 1 heterocycles. The van der Waals surface area contributed by atoms with Gasteiger partial charge < -0.3 is 10.6 Å². The van der Waals surface area contributed by atoms with Crippen LogP contribution in [0.25, 0.3) is 0 Å². The van der Waals surface area contributed by atoms with Gasteiger partial charge in [-0.05, 0) is 43.4 Å².